The fourth-order valence-corrected chi connectivity index (χ4v) is 2.25. The van der Waals surface area contributed by atoms with Crippen molar-refractivity contribution in [2.75, 3.05) is 19.7 Å². The molecule has 1 aliphatic heterocycles. The van der Waals surface area contributed by atoms with Crippen LogP contribution in [0.25, 0.3) is 0 Å². The summed E-state index contributed by atoms with van der Waals surface area (Å²) >= 11 is 0. The van der Waals surface area contributed by atoms with Crippen LogP contribution in [0.5, 0.6) is 0 Å². The first-order chi connectivity index (χ1) is 9.51. The lowest BCUT2D eigenvalue weighted by atomic mass is 10.1. The first-order valence-corrected chi connectivity index (χ1v) is 6.31. The van der Waals surface area contributed by atoms with Gasteiger partial charge >= 0.3 is 0 Å². The van der Waals surface area contributed by atoms with Crippen molar-refractivity contribution in [3.8, 4) is 0 Å². The number of non-ortho nitro benzene ring substituents is 1. The number of morpholine rings is 1. The molecule has 0 radical (unpaired) electrons. The molecule has 1 heterocycles. The number of nitro groups is 1. The van der Waals surface area contributed by atoms with Gasteiger partial charge in [-0.3, -0.25) is 14.9 Å². The highest BCUT2D eigenvalue weighted by atomic mass is 16.6. The second-order valence-corrected chi connectivity index (χ2v) is 4.77. The molecule has 0 spiro atoms. The number of amides is 1. The highest BCUT2D eigenvalue weighted by Crippen LogP contribution is 2.18. The normalized spacial score (nSPS) is 22.6. The molecule has 1 aromatic carbocycles. The van der Waals surface area contributed by atoms with E-state index in [0.29, 0.717) is 6.54 Å². The monoisotopic (exact) mass is 280 g/mol. The van der Waals surface area contributed by atoms with Gasteiger partial charge in [0, 0.05) is 30.8 Å². The molecule has 1 aromatic rings. The van der Waals surface area contributed by atoms with Gasteiger partial charge in [-0.2, -0.15) is 0 Å². The summed E-state index contributed by atoms with van der Waals surface area (Å²) in [7, 11) is 0. The fraction of sp³-hybridized carbons (Fsp3) is 0.462. The Hall–Kier alpha value is -1.99. The van der Waals surface area contributed by atoms with E-state index in [0.717, 1.165) is 0 Å². The molecule has 2 unspecified atom stereocenters. The van der Waals surface area contributed by atoms with E-state index in [1.165, 1.54) is 18.2 Å². The molecular formula is C13H16N2O5. The third-order valence-corrected chi connectivity index (χ3v) is 3.12. The summed E-state index contributed by atoms with van der Waals surface area (Å²) in [5.74, 6) is -0.290. The molecule has 2 atom stereocenters. The first kappa shape index (κ1) is 14.4. The number of aliphatic hydroxyl groups is 1. The molecule has 0 aliphatic carbocycles. The van der Waals surface area contributed by atoms with Gasteiger partial charge in [0.05, 0.1) is 23.7 Å². The summed E-state index contributed by atoms with van der Waals surface area (Å²) in [6, 6.07) is 5.63. The number of hydrogen-bond donors (Lipinski definition) is 1. The van der Waals surface area contributed by atoms with Gasteiger partial charge in [0.1, 0.15) is 0 Å². The van der Waals surface area contributed by atoms with Crippen molar-refractivity contribution >= 4 is 11.6 Å². The molecule has 0 bridgehead atoms. The number of rotatable bonds is 3. The van der Waals surface area contributed by atoms with Crippen LogP contribution in [0.15, 0.2) is 24.3 Å². The van der Waals surface area contributed by atoms with Crippen LogP contribution in [0.2, 0.25) is 0 Å². The Morgan fingerprint density at radius 3 is 2.95 bits per heavy atom. The lowest BCUT2D eigenvalue weighted by Crippen LogP contribution is -2.50. The molecular weight excluding hydrogens is 264 g/mol. The summed E-state index contributed by atoms with van der Waals surface area (Å²) in [6.07, 6.45) is -0.593. The molecule has 1 aliphatic rings. The predicted octanol–water partition coefficient (Wildman–Crippen LogP) is 0.817. The topological polar surface area (TPSA) is 92.9 Å². The van der Waals surface area contributed by atoms with E-state index in [1.807, 2.05) is 6.92 Å². The van der Waals surface area contributed by atoms with Crippen molar-refractivity contribution in [1.29, 1.82) is 0 Å². The molecule has 7 nitrogen and oxygen atoms in total. The smallest absolute Gasteiger partial charge is 0.270 e. The Labute approximate surface area is 115 Å². The summed E-state index contributed by atoms with van der Waals surface area (Å²) in [5, 5.41) is 19.9. The minimum Gasteiger partial charge on any atom is -0.394 e. The van der Waals surface area contributed by atoms with Crippen LogP contribution >= 0.6 is 0 Å². The van der Waals surface area contributed by atoms with Gasteiger partial charge in [-0.1, -0.05) is 6.07 Å². The van der Waals surface area contributed by atoms with Crippen LogP contribution in [0.3, 0.4) is 0 Å². The van der Waals surface area contributed by atoms with Crippen molar-refractivity contribution in [3.63, 3.8) is 0 Å². The van der Waals surface area contributed by atoms with Gasteiger partial charge in [0.2, 0.25) is 0 Å². The Kier molecular flexibility index (Phi) is 4.31. The van der Waals surface area contributed by atoms with Crippen LogP contribution in [0, 0.1) is 10.1 Å². The Morgan fingerprint density at radius 2 is 2.30 bits per heavy atom. The van der Waals surface area contributed by atoms with E-state index in [-0.39, 0.29) is 36.4 Å². The number of nitrogens with zero attached hydrogens (tertiary/aromatic N) is 2. The number of aliphatic hydroxyl groups excluding tert-OH is 1. The number of benzene rings is 1. The average molecular weight is 280 g/mol. The predicted molar refractivity (Wildman–Crippen MR) is 70.4 cm³/mol. The molecule has 7 heteroatoms. The standard InChI is InChI=1S/C13H16N2O5/c1-9-6-14(7-12(8-16)20-9)13(17)10-3-2-4-11(5-10)15(18)19/h2-5,9,12,16H,6-8H2,1H3. The molecule has 0 saturated carbocycles. The third-order valence-electron chi connectivity index (χ3n) is 3.12. The van der Waals surface area contributed by atoms with E-state index in [4.69, 9.17) is 9.84 Å². The summed E-state index contributed by atoms with van der Waals surface area (Å²) in [4.78, 5) is 24.1. The van der Waals surface area contributed by atoms with E-state index in [1.54, 1.807) is 11.0 Å². The van der Waals surface area contributed by atoms with Gasteiger partial charge in [0.25, 0.3) is 11.6 Å². The second kappa shape index (κ2) is 5.98. The molecule has 2 rings (SSSR count). The molecule has 108 valence electrons. The van der Waals surface area contributed by atoms with Crippen LogP contribution in [0.4, 0.5) is 5.69 Å². The van der Waals surface area contributed by atoms with Gasteiger partial charge in [0.15, 0.2) is 0 Å². The highest BCUT2D eigenvalue weighted by Gasteiger charge is 2.29. The lowest BCUT2D eigenvalue weighted by Gasteiger charge is -2.36. The molecule has 1 amide bonds. The highest BCUT2D eigenvalue weighted by molar-refractivity contribution is 5.95. The maximum absolute atomic E-state index is 12.3. The summed E-state index contributed by atoms with van der Waals surface area (Å²) in [6.45, 7) is 2.33. The van der Waals surface area contributed by atoms with E-state index < -0.39 is 11.0 Å². The zero-order valence-corrected chi connectivity index (χ0v) is 11.1. The van der Waals surface area contributed by atoms with E-state index >= 15 is 0 Å². The molecule has 1 N–H and O–H groups in total. The van der Waals surface area contributed by atoms with Gasteiger partial charge < -0.3 is 14.7 Å². The maximum atomic E-state index is 12.3. The molecule has 1 fully saturated rings. The second-order valence-electron chi connectivity index (χ2n) is 4.77. The minimum absolute atomic E-state index is 0.115. The van der Waals surface area contributed by atoms with Gasteiger partial charge in [-0.15, -0.1) is 0 Å². The zero-order valence-electron chi connectivity index (χ0n) is 11.1. The van der Waals surface area contributed by atoms with Crippen LogP contribution in [-0.2, 0) is 4.74 Å². The SMILES string of the molecule is CC1CN(C(=O)c2cccc([N+](=O)[O-])c2)CC(CO)O1. The first-order valence-electron chi connectivity index (χ1n) is 6.31. The van der Waals surface area contributed by atoms with Crippen LogP contribution < -0.4 is 0 Å². The Balaban J connectivity index is 2.18. The van der Waals surface area contributed by atoms with Crippen LogP contribution in [-0.4, -0.2) is 52.7 Å². The zero-order chi connectivity index (χ0) is 14.7. The fourth-order valence-electron chi connectivity index (χ4n) is 2.25. The third kappa shape index (κ3) is 3.12. The number of ether oxygens (including phenoxy) is 1. The Morgan fingerprint density at radius 1 is 1.55 bits per heavy atom. The van der Waals surface area contributed by atoms with Crippen molar-refractivity contribution in [2.45, 2.75) is 19.1 Å². The van der Waals surface area contributed by atoms with Crippen molar-refractivity contribution in [3.05, 3.63) is 39.9 Å². The molecule has 1 saturated heterocycles. The molecule has 0 aromatic heterocycles. The number of carbonyl (C=O) groups excluding carboxylic acids is 1. The van der Waals surface area contributed by atoms with Gasteiger partial charge in [-0.25, -0.2) is 0 Å². The summed E-state index contributed by atoms with van der Waals surface area (Å²) < 4.78 is 5.46. The summed E-state index contributed by atoms with van der Waals surface area (Å²) in [5.41, 5.74) is 0.154. The number of hydrogen-bond acceptors (Lipinski definition) is 5. The number of nitro benzene ring substituents is 1. The largest absolute Gasteiger partial charge is 0.394 e. The molecule has 20 heavy (non-hydrogen) atoms. The number of carbonyl (C=O) groups is 1. The van der Waals surface area contributed by atoms with Crippen LogP contribution in [0.1, 0.15) is 17.3 Å². The van der Waals surface area contributed by atoms with Crippen molar-refractivity contribution in [1.82, 2.24) is 4.90 Å². The van der Waals surface area contributed by atoms with E-state index in [2.05, 4.69) is 0 Å². The quantitative estimate of drug-likeness (QED) is 0.653. The van der Waals surface area contributed by atoms with Crippen molar-refractivity contribution < 1.29 is 19.6 Å². The van der Waals surface area contributed by atoms with Gasteiger partial charge in [-0.05, 0) is 13.0 Å². The Bertz CT molecular complexity index is 519. The minimum atomic E-state index is -0.532. The van der Waals surface area contributed by atoms with E-state index in [9.17, 15) is 14.9 Å². The lowest BCUT2D eigenvalue weighted by molar-refractivity contribution is -0.384. The maximum Gasteiger partial charge on any atom is 0.270 e. The average Bonchev–Trinajstić information content (AvgIpc) is 2.45. The van der Waals surface area contributed by atoms with Crippen molar-refractivity contribution in [2.24, 2.45) is 0 Å².